The van der Waals surface area contributed by atoms with Gasteiger partial charge in [-0.05, 0) is 34.8 Å². The van der Waals surface area contributed by atoms with Crippen molar-refractivity contribution < 1.29 is 8.78 Å². The molecule has 1 nitrogen and oxygen atoms in total. The highest BCUT2D eigenvalue weighted by molar-refractivity contribution is 9.10. The highest BCUT2D eigenvalue weighted by Gasteiger charge is 2.15. The van der Waals surface area contributed by atoms with Gasteiger partial charge in [0.05, 0.1) is 5.69 Å². The fourth-order valence-corrected chi connectivity index (χ4v) is 3.01. The van der Waals surface area contributed by atoms with Gasteiger partial charge >= 0.3 is 0 Å². The van der Waals surface area contributed by atoms with Crippen LogP contribution in [-0.2, 0) is 0 Å². The maximum Gasteiger partial charge on any atom is 0.150 e. The van der Waals surface area contributed by atoms with Gasteiger partial charge in [-0.3, -0.25) is 0 Å². The van der Waals surface area contributed by atoms with Crippen LogP contribution >= 0.6 is 15.9 Å². The fourth-order valence-electron chi connectivity index (χ4n) is 2.48. The molecule has 1 aromatic rings. The first-order valence-electron chi connectivity index (χ1n) is 6.58. The molecule has 4 heteroatoms. The molecule has 100 valence electrons. The van der Waals surface area contributed by atoms with Crippen LogP contribution in [0.25, 0.3) is 0 Å². The van der Waals surface area contributed by atoms with E-state index in [0.717, 1.165) is 18.9 Å². The number of anilines is 1. The van der Waals surface area contributed by atoms with E-state index in [9.17, 15) is 8.78 Å². The number of nitrogens with one attached hydrogen (secondary N) is 1. The van der Waals surface area contributed by atoms with Crippen molar-refractivity contribution >= 4 is 21.6 Å². The largest absolute Gasteiger partial charge is 0.379 e. The Kier molecular flexibility index (Phi) is 4.98. The molecular formula is C14H18BrF2N. The van der Waals surface area contributed by atoms with Gasteiger partial charge in [-0.15, -0.1) is 0 Å². The lowest BCUT2D eigenvalue weighted by Crippen LogP contribution is -2.21. The van der Waals surface area contributed by atoms with E-state index < -0.39 is 11.6 Å². The van der Waals surface area contributed by atoms with Crippen molar-refractivity contribution in [2.45, 2.75) is 51.0 Å². The zero-order valence-electron chi connectivity index (χ0n) is 10.3. The van der Waals surface area contributed by atoms with Crippen LogP contribution in [0.5, 0.6) is 0 Å². The van der Waals surface area contributed by atoms with Crippen LogP contribution in [0.3, 0.4) is 0 Å². The third-order valence-electron chi connectivity index (χ3n) is 3.46. The average Bonchev–Trinajstić information content (AvgIpc) is 2.25. The Morgan fingerprint density at radius 1 is 1.00 bits per heavy atom. The molecule has 0 unspecified atom stereocenters. The highest BCUT2D eigenvalue weighted by Crippen LogP contribution is 2.29. The van der Waals surface area contributed by atoms with Gasteiger partial charge < -0.3 is 5.32 Å². The van der Waals surface area contributed by atoms with Crippen LogP contribution in [0.1, 0.15) is 44.9 Å². The summed E-state index contributed by atoms with van der Waals surface area (Å²) in [7, 11) is 0. The number of benzene rings is 1. The van der Waals surface area contributed by atoms with Crippen molar-refractivity contribution in [3.05, 3.63) is 28.2 Å². The lowest BCUT2D eigenvalue weighted by atomic mass is 9.96. The van der Waals surface area contributed by atoms with Crippen molar-refractivity contribution in [2.24, 2.45) is 0 Å². The molecule has 0 spiro atoms. The normalized spacial score (nSPS) is 18.2. The fraction of sp³-hybridized carbons (Fsp3) is 0.571. The van der Waals surface area contributed by atoms with E-state index in [1.54, 1.807) is 0 Å². The molecule has 0 heterocycles. The van der Waals surface area contributed by atoms with Gasteiger partial charge in [-0.2, -0.15) is 0 Å². The third kappa shape index (κ3) is 3.67. The molecule has 2 rings (SSSR count). The molecular weight excluding hydrogens is 300 g/mol. The van der Waals surface area contributed by atoms with E-state index in [1.165, 1.54) is 38.2 Å². The topological polar surface area (TPSA) is 12.0 Å². The van der Waals surface area contributed by atoms with Crippen LogP contribution in [0, 0.1) is 11.6 Å². The van der Waals surface area contributed by atoms with Gasteiger partial charge in [0.15, 0.2) is 0 Å². The van der Waals surface area contributed by atoms with Crippen LogP contribution in [0.4, 0.5) is 14.5 Å². The van der Waals surface area contributed by atoms with Crippen molar-refractivity contribution in [3.8, 4) is 0 Å². The summed E-state index contributed by atoms with van der Waals surface area (Å²) in [5, 5.41) is 3.22. The summed E-state index contributed by atoms with van der Waals surface area (Å²) in [5.74, 6) is -1.08. The Morgan fingerprint density at radius 3 is 2.22 bits per heavy atom. The Labute approximate surface area is 115 Å². The van der Waals surface area contributed by atoms with Gasteiger partial charge in [0.2, 0.25) is 0 Å². The first-order valence-corrected chi connectivity index (χ1v) is 7.37. The molecule has 18 heavy (non-hydrogen) atoms. The number of halogens is 3. The van der Waals surface area contributed by atoms with E-state index in [-0.39, 0.29) is 0 Å². The molecule has 0 saturated heterocycles. The van der Waals surface area contributed by atoms with Gasteiger partial charge in [0.1, 0.15) is 11.6 Å². The molecule has 0 aromatic heterocycles. The summed E-state index contributed by atoms with van der Waals surface area (Å²) < 4.78 is 27.2. The molecule has 0 bridgehead atoms. The van der Waals surface area contributed by atoms with Crippen LogP contribution in [0.2, 0.25) is 0 Å². The summed E-state index contributed by atoms with van der Waals surface area (Å²) in [6, 6.07) is 2.52. The first-order chi connectivity index (χ1) is 8.66. The summed E-state index contributed by atoms with van der Waals surface area (Å²) in [5.41, 5.74) is 0.391. The average molecular weight is 318 g/mol. The molecule has 0 aliphatic heterocycles. The lowest BCUT2D eigenvalue weighted by molar-refractivity contribution is 0.469. The second kappa shape index (κ2) is 6.50. The summed E-state index contributed by atoms with van der Waals surface area (Å²) in [6.45, 7) is 0. The van der Waals surface area contributed by atoms with Crippen molar-refractivity contribution in [3.63, 3.8) is 0 Å². The minimum absolute atomic E-state index is 0.293. The molecule has 1 aromatic carbocycles. The predicted octanol–water partition coefficient (Wildman–Crippen LogP) is 5.25. The van der Waals surface area contributed by atoms with Crippen LogP contribution in [0.15, 0.2) is 16.6 Å². The Balaban J connectivity index is 2.07. The zero-order valence-corrected chi connectivity index (χ0v) is 11.9. The molecule has 1 aliphatic carbocycles. The van der Waals surface area contributed by atoms with Gasteiger partial charge in [-0.1, -0.05) is 32.1 Å². The Hall–Kier alpha value is -0.640. The quantitative estimate of drug-likeness (QED) is 0.785. The molecule has 0 amide bonds. The molecule has 1 fully saturated rings. The summed E-state index contributed by atoms with van der Waals surface area (Å²) >= 11 is 3.22. The maximum atomic E-state index is 13.7. The maximum absolute atomic E-state index is 13.7. The van der Waals surface area contributed by atoms with Gasteiger partial charge in [-0.25, -0.2) is 8.78 Å². The van der Waals surface area contributed by atoms with Crippen LogP contribution < -0.4 is 5.32 Å². The standard InChI is InChI=1S/C14H18BrF2N/c15-12-8-10(16)9-13(17)14(12)18-11-6-4-2-1-3-5-7-11/h8-9,11,18H,1-7H2. The number of rotatable bonds is 2. The molecule has 1 saturated carbocycles. The molecule has 0 atom stereocenters. The van der Waals surface area contributed by atoms with Crippen LogP contribution in [-0.4, -0.2) is 6.04 Å². The summed E-state index contributed by atoms with van der Waals surface area (Å²) in [4.78, 5) is 0. The van der Waals surface area contributed by atoms with E-state index in [1.807, 2.05) is 0 Å². The van der Waals surface area contributed by atoms with Crippen molar-refractivity contribution in [1.29, 1.82) is 0 Å². The second-order valence-corrected chi connectivity index (χ2v) is 5.79. The zero-order chi connectivity index (χ0) is 13.0. The van der Waals surface area contributed by atoms with E-state index >= 15 is 0 Å². The number of hydrogen-bond acceptors (Lipinski definition) is 1. The van der Waals surface area contributed by atoms with Gasteiger partial charge in [0.25, 0.3) is 0 Å². The highest BCUT2D eigenvalue weighted by atomic mass is 79.9. The van der Waals surface area contributed by atoms with Crippen molar-refractivity contribution in [2.75, 3.05) is 5.32 Å². The molecule has 0 radical (unpaired) electrons. The third-order valence-corrected chi connectivity index (χ3v) is 4.09. The summed E-state index contributed by atoms with van der Waals surface area (Å²) in [6.07, 6.45) is 8.29. The second-order valence-electron chi connectivity index (χ2n) is 4.93. The lowest BCUT2D eigenvalue weighted by Gasteiger charge is -2.23. The van der Waals surface area contributed by atoms with E-state index in [0.29, 0.717) is 16.2 Å². The first kappa shape index (κ1) is 13.8. The minimum atomic E-state index is -0.553. The van der Waals surface area contributed by atoms with E-state index in [2.05, 4.69) is 21.2 Å². The Bertz CT molecular complexity index is 378. The van der Waals surface area contributed by atoms with Crippen molar-refractivity contribution in [1.82, 2.24) is 0 Å². The van der Waals surface area contributed by atoms with E-state index in [4.69, 9.17) is 0 Å². The molecule has 1 N–H and O–H groups in total. The molecule has 1 aliphatic rings. The number of hydrogen-bond donors (Lipinski definition) is 1. The monoisotopic (exact) mass is 317 g/mol. The Morgan fingerprint density at radius 2 is 1.61 bits per heavy atom. The predicted molar refractivity (Wildman–Crippen MR) is 73.8 cm³/mol. The minimum Gasteiger partial charge on any atom is -0.379 e. The smallest absolute Gasteiger partial charge is 0.150 e. The SMILES string of the molecule is Fc1cc(F)c(NC2CCCCCCC2)c(Br)c1. The van der Waals surface area contributed by atoms with Gasteiger partial charge in [0, 0.05) is 16.6 Å².